The second-order valence-corrected chi connectivity index (χ2v) is 3.98. The molecule has 1 amide bonds. The number of hydrogen-bond donors (Lipinski definition) is 0. The minimum absolute atomic E-state index is 0.00525. The highest BCUT2D eigenvalue weighted by Gasteiger charge is 2.26. The molecule has 16 heavy (non-hydrogen) atoms. The monoisotopic (exact) mass is 220 g/mol. The zero-order valence-corrected chi connectivity index (χ0v) is 9.27. The number of rotatable bonds is 2. The third kappa shape index (κ3) is 1.96. The summed E-state index contributed by atoms with van der Waals surface area (Å²) in [6.07, 6.45) is 0.380. The number of hydrogen-bond acceptors (Lipinski definition) is 2. The summed E-state index contributed by atoms with van der Waals surface area (Å²) in [7, 11) is 0. The molecule has 0 radical (unpaired) electrons. The second-order valence-electron chi connectivity index (χ2n) is 3.98. The molecule has 1 aromatic carbocycles. The smallest absolute Gasteiger partial charge is 0.248 e. The Morgan fingerprint density at radius 2 is 2.00 bits per heavy atom. The lowest BCUT2D eigenvalue weighted by atomic mass is 10.1. The number of carbonyl (C=O) groups excluding carboxylic acids is 1. The molecule has 1 atom stereocenters. The van der Waals surface area contributed by atoms with Crippen LogP contribution in [0.15, 0.2) is 29.4 Å². The molecule has 0 saturated heterocycles. The predicted octanol–water partition coefficient (Wildman–Crippen LogP) is 2.49. The Bertz CT molecular complexity index is 439. The van der Waals surface area contributed by atoms with E-state index in [1.54, 1.807) is 12.1 Å². The Hall–Kier alpha value is -1.71. The summed E-state index contributed by atoms with van der Waals surface area (Å²) in [5.74, 6) is -0.280. The van der Waals surface area contributed by atoms with Crippen molar-refractivity contribution in [1.29, 1.82) is 0 Å². The normalized spacial score (nSPS) is 17.6. The molecule has 1 aliphatic heterocycles. The Balaban J connectivity index is 2.22. The molecule has 1 heterocycles. The summed E-state index contributed by atoms with van der Waals surface area (Å²) in [5, 5.41) is 5.64. The SMILES string of the molecule is CC1=NN(C(C)c2ccc(F)cc2)C(=O)C1. The fraction of sp³-hybridized carbons (Fsp3) is 0.333. The van der Waals surface area contributed by atoms with Crippen LogP contribution in [0.5, 0.6) is 0 Å². The minimum Gasteiger partial charge on any atom is -0.273 e. The van der Waals surface area contributed by atoms with Gasteiger partial charge in [-0.25, -0.2) is 9.40 Å². The average Bonchev–Trinajstić information content (AvgIpc) is 2.58. The van der Waals surface area contributed by atoms with Crippen molar-refractivity contribution in [2.75, 3.05) is 0 Å². The molecule has 0 aromatic heterocycles. The highest BCUT2D eigenvalue weighted by Crippen LogP contribution is 2.24. The van der Waals surface area contributed by atoms with Gasteiger partial charge in [0.1, 0.15) is 5.82 Å². The lowest BCUT2D eigenvalue weighted by molar-refractivity contribution is -0.130. The molecule has 0 aliphatic carbocycles. The Labute approximate surface area is 93.6 Å². The van der Waals surface area contributed by atoms with Gasteiger partial charge >= 0.3 is 0 Å². The first kappa shape index (κ1) is 10.8. The molecular formula is C12H13FN2O. The lowest BCUT2D eigenvalue weighted by Crippen LogP contribution is -2.24. The first-order chi connectivity index (χ1) is 7.58. The van der Waals surface area contributed by atoms with E-state index in [1.165, 1.54) is 17.1 Å². The van der Waals surface area contributed by atoms with Crippen molar-refractivity contribution in [2.24, 2.45) is 5.10 Å². The topological polar surface area (TPSA) is 32.7 Å². The van der Waals surface area contributed by atoms with Crippen LogP contribution in [0.4, 0.5) is 4.39 Å². The van der Waals surface area contributed by atoms with Gasteiger partial charge in [-0.3, -0.25) is 4.79 Å². The van der Waals surface area contributed by atoms with Gasteiger partial charge < -0.3 is 0 Å². The van der Waals surface area contributed by atoms with Crippen LogP contribution in [0.2, 0.25) is 0 Å². The van der Waals surface area contributed by atoms with Gasteiger partial charge in [-0.2, -0.15) is 5.10 Å². The van der Waals surface area contributed by atoms with Crippen LogP contribution in [0.1, 0.15) is 31.9 Å². The van der Waals surface area contributed by atoms with E-state index in [-0.39, 0.29) is 17.8 Å². The molecule has 3 nitrogen and oxygen atoms in total. The van der Waals surface area contributed by atoms with Crippen molar-refractivity contribution in [1.82, 2.24) is 5.01 Å². The average molecular weight is 220 g/mol. The van der Waals surface area contributed by atoms with Crippen molar-refractivity contribution in [2.45, 2.75) is 26.3 Å². The maximum absolute atomic E-state index is 12.8. The fourth-order valence-electron chi connectivity index (χ4n) is 1.76. The Morgan fingerprint density at radius 1 is 1.38 bits per heavy atom. The zero-order chi connectivity index (χ0) is 11.7. The van der Waals surface area contributed by atoms with E-state index in [0.717, 1.165) is 11.3 Å². The van der Waals surface area contributed by atoms with E-state index in [9.17, 15) is 9.18 Å². The van der Waals surface area contributed by atoms with Crippen LogP contribution in [-0.2, 0) is 4.79 Å². The number of carbonyl (C=O) groups is 1. The van der Waals surface area contributed by atoms with Crippen molar-refractivity contribution >= 4 is 11.6 Å². The third-order valence-corrected chi connectivity index (χ3v) is 2.66. The van der Waals surface area contributed by atoms with E-state index in [0.29, 0.717) is 6.42 Å². The number of nitrogens with zero attached hydrogens (tertiary/aromatic N) is 2. The molecule has 1 aliphatic rings. The summed E-state index contributed by atoms with van der Waals surface area (Å²) >= 11 is 0. The van der Waals surface area contributed by atoms with Crippen molar-refractivity contribution in [3.63, 3.8) is 0 Å². The molecule has 1 unspecified atom stereocenters. The number of benzene rings is 1. The predicted molar refractivity (Wildman–Crippen MR) is 59.4 cm³/mol. The van der Waals surface area contributed by atoms with Crippen LogP contribution in [0.25, 0.3) is 0 Å². The van der Waals surface area contributed by atoms with Gasteiger partial charge in [0.05, 0.1) is 12.5 Å². The van der Waals surface area contributed by atoms with Gasteiger partial charge in [0.15, 0.2) is 0 Å². The molecule has 1 aromatic rings. The first-order valence-electron chi connectivity index (χ1n) is 5.19. The Morgan fingerprint density at radius 3 is 2.50 bits per heavy atom. The molecule has 84 valence electrons. The van der Waals surface area contributed by atoms with Crippen LogP contribution in [0, 0.1) is 5.82 Å². The van der Waals surface area contributed by atoms with Crippen LogP contribution < -0.4 is 0 Å². The van der Waals surface area contributed by atoms with E-state index in [2.05, 4.69) is 5.10 Å². The Kier molecular flexibility index (Phi) is 2.73. The maximum atomic E-state index is 12.8. The molecule has 4 heteroatoms. The van der Waals surface area contributed by atoms with Gasteiger partial charge in [0, 0.05) is 5.71 Å². The highest BCUT2D eigenvalue weighted by atomic mass is 19.1. The van der Waals surface area contributed by atoms with Gasteiger partial charge in [-0.1, -0.05) is 12.1 Å². The van der Waals surface area contributed by atoms with E-state index in [1.807, 2.05) is 13.8 Å². The molecule has 0 fully saturated rings. The van der Waals surface area contributed by atoms with Crippen LogP contribution in [0.3, 0.4) is 0 Å². The molecule has 0 bridgehead atoms. The number of hydrazone groups is 1. The summed E-state index contributed by atoms with van der Waals surface area (Å²) < 4.78 is 12.8. The zero-order valence-electron chi connectivity index (χ0n) is 9.27. The van der Waals surface area contributed by atoms with Gasteiger partial charge in [0.2, 0.25) is 5.91 Å². The number of amides is 1. The molecule has 0 saturated carbocycles. The van der Waals surface area contributed by atoms with E-state index >= 15 is 0 Å². The second kappa shape index (κ2) is 4.04. The van der Waals surface area contributed by atoms with Crippen LogP contribution >= 0.6 is 0 Å². The van der Waals surface area contributed by atoms with Gasteiger partial charge in [-0.05, 0) is 31.5 Å². The van der Waals surface area contributed by atoms with Crippen LogP contribution in [-0.4, -0.2) is 16.6 Å². The fourth-order valence-corrected chi connectivity index (χ4v) is 1.76. The van der Waals surface area contributed by atoms with Crippen molar-refractivity contribution in [3.8, 4) is 0 Å². The third-order valence-electron chi connectivity index (χ3n) is 2.66. The highest BCUT2D eigenvalue weighted by molar-refractivity contribution is 6.03. The van der Waals surface area contributed by atoms with Gasteiger partial charge in [0.25, 0.3) is 0 Å². The number of halogens is 1. The van der Waals surface area contributed by atoms with E-state index < -0.39 is 0 Å². The summed E-state index contributed by atoms with van der Waals surface area (Å²) in [6, 6.07) is 5.99. The maximum Gasteiger partial charge on any atom is 0.248 e. The van der Waals surface area contributed by atoms with Crippen molar-refractivity contribution in [3.05, 3.63) is 35.6 Å². The summed E-state index contributed by atoms with van der Waals surface area (Å²) in [5.41, 5.74) is 1.70. The van der Waals surface area contributed by atoms with Crippen molar-refractivity contribution < 1.29 is 9.18 Å². The lowest BCUT2D eigenvalue weighted by Gasteiger charge is -2.20. The van der Waals surface area contributed by atoms with E-state index in [4.69, 9.17) is 0 Å². The quantitative estimate of drug-likeness (QED) is 0.753. The summed E-state index contributed by atoms with van der Waals surface area (Å²) in [6.45, 7) is 3.71. The molecular weight excluding hydrogens is 207 g/mol. The standard InChI is InChI=1S/C12H13FN2O/c1-8-7-12(16)15(14-8)9(2)10-3-5-11(13)6-4-10/h3-6,9H,7H2,1-2H3. The first-order valence-corrected chi connectivity index (χ1v) is 5.19. The molecule has 0 N–H and O–H groups in total. The largest absolute Gasteiger partial charge is 0.273 e. The van der Waals surface area contributed by atoms with Gasteiger partial charge in [-0.15, -0.1) is 0 Å². The minimum atomic E-state index is -0.275. The molecule has 2 rings (SSSR count). The molecule has 0 spiro atoms. The summed E-state index contributed by atoms with van der Waals surface area (Å²) in [4.78, 5) is 11.6.